The third kappa shape index (κ3) is 4.36. The van der Waals surface area contributed by atoms with E-state index >= 15 is 0 Å². The number of ether oxygens (including phenoxy) is 1. The number of halogens is 1. The molecule has 20 heavy (non-hydrogen) atoms. The van der Waals surface area contributed by atoms with Crippen LogP contribution in [0.5, 0.6) is 5.75 Å². The van der Waals surface area contributed by atoms with Gasteiger partial charge in [0.05, 0.1) is 11.6 Å². The topological polar surface area (TPSA) is 21.3 Å². The molecule has 2 aromatic carbocycles. The number of hydrogen-bond donors (Lipinski definition) is 1. The standard InChI is InChI=1S/C17H20BrNO/c1-13-4-3-5-14(10-13)8-9-19-12-15-6-7-17(20-2)16(18)11-15/h3-7,10-11,19H,8-9,12H2,1-2H3. The summed E-state index contributed by atoms with van der Waals surface area (Å²) in [7, 11) is 1.68. The highest BCUT2D eigenvalue weighted by Crippen LogP contribution is 2.25. The molecular formula is C17H20BrNO. The summed E-state index contributed by atoms with van der Waals surface area (Å²) in [5.74, 6) is 0.869. The maximum absolute atomic E-state index is 5.23. The average molecular weight is 334 g/mol. The van der Waals surface area contributed by atoms with Gasteiger partial charge in [0.15, 0.2) is 0 Å². The monoisotopic (exact) mass is 333 g/mol. The summed E-state index contributed by atoms with van der Waals surface area (Å²) in [6.07, 6.45) is 1.05. The minimum Gasteiger partial charge on any atom is -0.496 e. The maximum Gasteiger partial charge on any atom is 0.133 e. The summed E-state index contributed by atoms with van der Waals surface area (Å²) >= 11 is 3.51. The van der Waals surface area contributed by atoms with Crippen molar-refractivity contribution in [3.63, 3.8) is 0 Å². The van der Waals surface area contributed by atoms with E-state index in [0.717, 1.165) is 29.7 Å². The fraction of sp³-hybridized carbons (Fsp3) is 0.294. The van der Waals surface area contributed by atoms with Gasteiger partial charge in [0.1, 0.15) is 5.75 Å². The Labute approximate surface area is 129 Å². The molecule has 2 aromatic rings. The number of aryl methyl sites for hydroxylation is 1. The zero-order valence-corrected chi connectivity index (χ0v) is 13.5. The van der Waals surface area contributed by atoms with Crippen LogP contribution in [-0.4, -0.2) is 13.7 Å². The van der Waals surface area contributed by atoms with Crippen LogP contribution in [0.3, 0.4) is 0 Å². The Morgan fingerprint density at radius 3 is 2.65 bits per heavy atom. The Balaban J connectivity index is 1.80. The van der Waals surface area contributed by atoms with Gasteiger partial charge in [-0.25, -0.2) is 0 Å². The van der Waals surface area contributed by atoms with Crippen molar-refractivity contribution in [3.8, 4) is 5.75 Å². The fourth-order valence-electron chi connectivity index (χ4n) is 2.15. The van der Waals surface area contributed by atoms with Gasteiger partial charge in [-0.1, -0.05) is 35.9 Å². The van der Waals surface area contributed by atoms with E-state index in [1.54, 1.807) is 7.11 Å². The van der Waals surface area contributed by atoms with Crippen LogP contribution in [-0.2, 0) is 13.0 Å². The number of methoxy groups -OCH3 is 1. The quantitative estimate of drug-likeness (QED) is 0.803. The van der Waals surface area contributed by atoms with Crippen LogP contribution in [0.15, 0.2) is 46.9 Å². The van der Waals surface area contributed by atoms with Gasteiger partial charge >= 0.3 is 0 Å². The zero-order valence-electron chi connectivity index (χ0n) is 11.9. The van der Waals surface area contributed by atoms with E-state index in [-0.39, 0.29) is 0 Å². The molecule has 0 atom stereocenters. The van der Waals surface area contributed by atoms with E-state index < -0.39 is 0 Å². The molecule has 0 aliphatic heterocycles. The van der Waals surface area contributed by atoms with Crippen molar-refractivity contribution < 1.29 is 4.74 Å². The molecule has 0 saturated heterocycles. The first-order valence-corrected chi connectivity index (χ1v) is 7.57. The molecule has 0 bridgehead atoms. The largest absolute Gasteiger partial charge is 0.496 e. The first-order chi connectivity index (χ1) is 9.69. The molecule has 0 saturated carbocycles. The van der Waals surface area contributed by atoms with Crippen molar-refractivity contribution in [2.24, 2.45) is 0 Å². The van der Waals surface area contributed by atoms with Crippen molar-refractivity contribution in [1.82, 2.24) is 5.32 Å². The molecule has 0 fully saturated rings. The van der Waals surface area contributed by atoms with E-state index in [4.69, 9.17) is 4.74 Å². The van der Waals surface area contributed by atoms with Crippen LogP contribution in [0, 0.1) is 6.92 Å². The molecule has 0 aromatic heterocycles. The van der Waals surface area contributed by atoms with E-state index in [9.17, 15) is 0 Å². The first kappa shape index (κ1) is 15.1. The van der Waals surface area contributed by atoms with Gasteiger partial charge in [0.25, 0.3) is 0 Å². The Morgan fingerprint density at radius 2 is 1.95 bits per heavy atom. The highest BCUT2D eigenvalue weighted by Gasteiger charge is 2.01. The lowest BCUT2D eigenvalue weighted by Gasteiger charge is -2.08. The predicted molar refractivity (Wildman–Crippen MR) is 87.3 cm³/mol. The van der Waals surface area contributed by atoms with Crippen molar-refractivity contribution in [1.29, 1.82) is 0 Å². The number of nitrogens with one attached hydrogen (secondary N) is 1. The highest BCUT2D eigenvalue weighted by atomic mass is 79.9. The molecule has 0 amide bonds. The number of benzene rings is 2. The average Bonchev–Trinajstić information content (AvgIpc) is 2.44. The Kier molecular flexibility index (Phi) is 5.62. The van der Waals surface area contributed by atoms with Gasteiger partial charge in [-0.3, -0.25) is 0 Å². The van der Waals surface area contributed by atoms with Gasteiger partial charge in [-0.15, -0.1) is 0 Å². The van der Waals surface area contributed by atoms with Crippen molar-refractivity contribution in [2.75, 3.05) is 13.7 Å². The fourth-order valence-corrected chi connectivity index (χ4v) is 2.74. The minimum atomic E-state index is 0.869. The molecule has 2 nitrogen and oxygen atoms in total. The molecule has 0 unspecified atom stereocenters. The van der Waals surface area contributed by atoms with Crippen LogP contribution in [0.2, 0.25) is 0 Å². The smallest absolute Gasteiger partial charge is 0.133 e. The van der Waals surface area contributed by atoms with Crippen LogP contribution in [0.25, 0.3) is 0 Å². The van der Waals surface area contributed by atoms with E-state index in [2.05, 4.69) is 64.6 Å². The number of hydrogen-bond acceptors (Lipinski definition) is 2. The van der Waals surface area contributed by atoms with Crippen LogP contribution in [0.4, 0.5) is 0 Å². The van der Waals surface area contributed by atoms with Crippen LogP contribution in [0.1, 0.15) is 16.7 Å². The summed E-state index contributed by atoms with van der Waals surface area (Å²) < 4.78 is 6.23. The van der Waals surface area contributed by atoms with E-state index in [0.29, 0.717) is 0 Å². The maximum atomic E-state index is 5.23. The van der Waals surface area contributed by atoms with Gasteiger partial charge in [-0.2, -0.15) is 0 Å². The lowest BCUT2D eigenvalue weighted by atomic mass is 10.1. The Morgan fingerprint density at radius 1 is 1.10 bits per heavy atom. The third-order valence-corrected chi connectivity index (χ3v) is 3.84. The molecule has 3 heteroatoms. The van der Waals surface area contributed by atoms with E-state index in [1.807, 2.05) is 6.07 Å². The van der Waals surface area contributed by atoms with Gasteiger partial charge in [-0.05, 0) is 59.1 Å². The molecule has 0 aliphatic rings. The molecule has 0 radical (unpaired) electrons. The molecule has 1 N–H and O–H groups in total. The summed E-state index contributed by atoms with van der Waals surface area (Å²) in [5, 5.41) is 3.47. The second kappa shape index (κ2) is 7.46. The van der Waals surface area contributed by atoms with Gasteiger partial charge in [0, 0.05) is 6.54 Å². The van der Waals surface area contributed by atoms with E-state index in [1.165, 1.54) is 16.7 Å². The van der Waals surface area contributed by atoms with Gasteiger partial charge < -0.3 is 10.1 Å². The lowest BCUT2D eigenvalue weighted by Crippen LogP contribution is -2.16. The highest BCUT2D eigenvalue weighted by molar-refractivity contribution is 9.10. The van der Waals surface area contributed by atoms with Crippen LogP contribution < -0.4 is 10.1 Å². The summed E-state index contributed by atoms with van der Waals surface area (Å²) in [6, 6.07) is 14.8. The summed E-state index contributed by atoms with van der Waals surface area (Å²) in [6.45, 7) is 3.98. The van der Waals surface area contributed by atoms with Crippen molar-refractivity contribution in [3.05, 3.63) is 63.6 Å². The first-order valence-electron chi connectivity index (χ1n) is 6.77. The third-order valence-electron chi connectivity index (χ3n) is 3.22. The molecule has 106 valence electrons. The lowest BCUT2D eigenvalue weighted by molar-refractivity contribution is 0.412. The molecule has 0 aliphatic carbocycles. The molecule has 0 spiro atoms. The zero-order chi connectivity index (χ0) is 14.4. The predicted octanol–water partition coefficient (Wildman–Crippen LogP) is 4.10. The van der Waals surface area contributed by atoms with Crippen molar-refractivity contribution >= 4 is 15.9 Å². The second-order valence-corrected chi connectivity index (χ2v) is 5.74. The SMILES string of the molecule is COc1ccc(CNCCc2cccc(C)c2)cc1Br. The summed E-state index contributed by atoms with van der Waals surface area (Å²) in [5.41, 5.74) is 3.96. The molecule has 2 rings (SSSR count). The van der Waals surface area contributed by atoms with Crippen LogP contribution >= 0.6 is 15.9 Å². The Hall–Kier alpha value is -1.32. The second-order valence-electron chi connectivity index (χ2n) is 4.88. The number of rotatable bonds is 6. The van der Waals surface area contributed by atoms with Crippen molar-refractivity contribution in [2.45, 2.75) is 19.9 Å². The molecule has 0 heterocycles. The van der Waals surface area contributed by atoms with Gasteiger partial charge in [0.2, 0.25) is 0 Å². The molecular weight excluding hydrogens is 314 g/mol. The Bertz CT molecular complexity index is 569. The minimum absolute atomic E-state index is 0.869. The summed E-state index contributed by atoms with van der Waals surface area (Å²) in [4.78, 5) is 0. The normalized spacial score (nSPS) is 10.6.